The molecular formula is C24H36N4O6S. The van der Waals surface area contributed by atoms with E-state index in [0.29, 0.717) is 32.1 Å². The SMILES string of the molecule is C[C@H]1[C@H](NS(=O)(=O)N2CCN(c3ccccn3)CC2)O[C@@H]2O[C@]3(C)CC[C@H]4[C@H](C)CC[C@@H]1[C@@]24OO3. The third-order valence-electron chi connectivity index (χ3n) is 8.97. The van der Waals surface area contributed by atoms with Crippen molar-refractivity contribution in [1.82, 2.24) is 14.0 Å². The summed E-state index contributed by atoms with van der Waals surface area (Å²) in [5.74, 6) is 0.656. The van der Waals surface area contributed by atoms with E-state index < -0.39 is 34.1 Å². The second-order valence-corrected chi connectivity index (χ2v) is 12.7. The first-order chi connectivity index (χ1) is 16.7. The summed E-state index contributed by atoms with van der Waals surface area (Å²) in [6.45, 7) is 8.12. The largest absolute Gasteiger partial charge is 0.354 e. The maximum Gasteiger partial charge on any atom is 0.281 e. The molecule has 5 aliphatic heterocycles. The number of pyridine rings is 1. The highest BCUT2D eigenvalue weighted by Gasteiger charge is 2.69. The van der Waals surface area contributed by atoms with Gasteiger partial charge in [-0.25, -0.2) is 14.8 Å². The molecule has 6 aliphatic rings. The highest BCUT2D eigenvalue weighted by Crippen LogP contribution is 2.60. The fourth-order valence-corrected chi connectivity index (χ4v) is 8.32. The van der Waals surface area contributed by atoms with Crippen LogP contribution in [-0.4, -0.2) is 67.8 Å². The van der Waals surface area contributed by atoms with Gasteiger partial charge in [0.15, 0.2) is 11.9 Å². The first-order valence-corrected chi connectivity index (χ1v) is 14.3. The van der Waals surface area contributed by atoms with Gasteiger partial charge < -0.3 is 14.4 Å². The fourth-order valence-electron chi connectivity index (χ4n) is 6.96. The fraction of sp³-hybridized carbons (Fsp3) is 0.792. The molecular weight excluding hydrogens is 472 g/mol. The van der Waals surface area contributed by atoms with E-state index in [9.17, 15) is 8.42 Å². The first kappa shape index (κ1) is 24.0. The highest BCUT2D eigenvalue weighted by atomic mass is 32.2. The van der Waals surface area contributed by atoms with Gasteiger partial charge in [-0.2, -0.15) is 17.4 Å². The van der Waals surface area contributed by atoms with Gasteiger partial charge in [-0.3, -0.25) is 0 Å². The van der Waals surface area contributed by atoms with Crippen LogP contribution < -0.4 is 9.62 Å². The van der Waals surface area contributed by atoms with E-state index >= 15 is 0 Å². The Morgan fingerprint density at radius 1 is 1.06 bits per heavy atom. The molecule has 1 aliphatic carbocycles. The van der Waals surface area contributed by atoms with Gasteiger partial charge in [-0.1, -0.05) is 19.9 Å². The molecule has 6 fully saturated rings. The summed E-state index contributed by atoms with van der Waals surface area (Å²) in [4.78, 5) is 18.5. The number of nitrogens with zero attached hydrogens (tertiary/aromatic N) is 3. The quantitative estimate of drug-likeness (QED) is 0.618. The lowest BCUT2D eigenvalue weighted by atomic mass is 9.58. The number of hydrogen-bond donors (Lipinski definition) is 1. The number of aromatic nitrogens is 1. The van der Waals surface area contributed by atoms with Crippen molar-refractivity contribution in [2.24, 2.45) is 23.7 Å². The molecule has 2 bridgehead atoms. The number of anilines is 1. The topological polar surface area (TPSA) is 102 Å². The van der Waals surface area contributed by atoms with Gasteiger partial charge in [0.1, 0.15) is 12.0 Å². The minimum atomic E-state index is -3.75. The van der Waals surface area contributed by atoms with Crippen LogP contribution in [0.15, 0.2) is 24.4 Å². The lowest BCUT2D eigenvalue weighted by molar-refractivity contribution is -0.571. The second kappa shape index (κ2) is 8.61. The Bertz CT molecular complexity index is 1040. The van der Waals surface area contributed by atoms with E-state index in [2.05, 4.69) is 28.5 Å². The van der Waals surface area contributed by atoms with Crippen LogP contribution >= 0.6 is 0 Å². The molecule has 5 saturated heterocycles. The van der Waals surface area contributed by atoms with E-state index in [-0.39, 0.29) is 17.8 Å². The number of ether oxygens (including phenoxy) is 2. The van der Waals surface area contributed by atoms with Crippen LogP contribution in [-0.2, 0) is 29.5 Å². The lowest BCUT2D eigenvalue weighted by Gasteiger charge is -2.60. The molecule has 194 valence electrons. The zero-order valence-electron chi connectivity index (χ0n) is 20.6. The van der Waals surface area contributed by atoms with Gasteiger partial charge in [0, 0.05) is 50.6 Å². The van der Waals surface area contributed by atoms with Crippen LogP contribution in [0.2, 0.25) is 0 Å². The zero-order valence-corrected chi connectivity index (χ0v) is 21.4. The Morgan fingerprint density at radius 2 is 1.86 bits per heavy atom. The Labute approximate surface area is 207 Å². The molecule has 1 saturated carbocycles. The van der Waals surface area contributed by atoms with E-state index in [1.807, 2.05) is 25.1 Å². The predicted octanol–water partition coefficient (Wildman–Crippen LogP) is 2.25. The Morgan fingerprint density at radius 3 is 2.60 bits per heavy atom. The van der Waals surface area contributed by atoms with Crippen LogP contribution in [0.5, 0.6) is 0 Å². The van der Waals surface area contributed by atoms with Gasteiger partial charge in [0.25, 0.3) is 10.2 Å². The van der Waals surface area contributed by atoms with Crippen LogP contribution in [0.1, 0.15) is 46.5 Å². The van der Waals surface area contributed by atoms with Crippen molar-refractivity contribution in [3.05, 3.63) is 24.4 Å². The Hall–Kier alpha value is -1.34. The predicted molar refractivity (Wildman–Crippen MR) is 127 cm³/mol. The standard InChI is InChI=1S/C24H36N4O6S/c1-16-7-8-19-17(2)21(31-22-24(19)18(16)9-10-23(3,32-22)33-34-24)26-35(29,30)28-14-12-27(13-15-28)20-6-4-5-11-25-20/h4-6,11,16-19,21-22,26H,7-10,12-15H2,1-3H3/t16-,17-,18+,19+,21-,22-,23+,24-/m1/s1. The minimum Gasteiger partial charge on any atom is -0.354 e. The molecule has 0 amide bonds. The zero-order chi connectivity index (χ0) is 24.4. The maximum atomic E-state index is 13.4. The van der Waals surface area contributed by atoms with Crippen molar-refractivity contribution in [1.29, 1.82) is 0 Å². The van der Waals surface area contributed by atoms with Crippen LogP contribution in [0.25, 0.3) is 0 Å². The summed E-state index contributed by atoms with van der Waals surface area (Å²) in [5.41, 5.74) is -0.705. The first-order valence-electron chi connectivity index (χ1n) is 12.9. The van der Waals surface area contributed by atoms with Gasteiger partial charge in [0.05, 0.1) is 0 Å². The van der Waals surface area contributed by atoms with Gasteiger partial charge in [0.2, 0.25) is 5.79 Å². The summed E-state index contributed by atoms with van der Waals surface area (Å²) < 4.78 is 44.0. The van der Waals surface area contributed by atoms with E-state index in [1.165, 1.54) is 4.31 Å². The molecule has 0 radical (unpaired) electrons. The summed E-state index contributed by atoms with van der Waals surface area (Å²) in [6, 6.07) is 5.76. The van der Waals surface area contributed by atoms with Gasteiger partial charge in [-0.05, 0) is 50.2 Å². The second-order valence-electron chi connectivity index (χ2n) is 11.0. The molecule has 7 rings (SSSR count). The van der Waals surface area contributed by atoms with E-state index in [4.69, 9.17) is 19.2 Å². The third kappa shape index (κ3) is 3.91. The molecule has 1 aromatic heterocycles. The summed E-state index contributed by atoms with van der Waals surface area (Å²) in [5, 5.41) is 0. The van der Waals surface area contributed by atoms with E-state index in [0.717, 1.165) is 31.5 Å². The molecule has 0 aromatic carbocycles. The average Bonchev–Trinajstić information content (AvgIpc) is 3.09. The normalized spacial score (nSPS) is 44.0. The Balaban J connectivity index is 1.19. The summed E-state index contributed by atoms with van der Waals surface area (Å²) in [7, 11) is -3.75. The smallest absolute Gasteiger partial charge is 0.281 e. The molecule has 6 heterocycles. The van der Waals surface area contributed by atoms with Crippen molar-refractivity contribution in [2.45, 2.75) is 70.4 Å². The minimum absolute atomic E-state index is 0.0683. The maximum absolute atomic E-state index is 13.4. The monoisotopic (exact) mass is 508 g/mol. The number of nitrogens with one attached hydrogen (secondary N) is 1. The number of fused-ring (bicyclic) bond motifs is 2. The average molecular weight is 509 g/mol. The van der Waals surface area contributed by atoms with Crippen molar-refractivity contribution in [3.63, 3.8) is 0 Å². The molecule has 1 aromatic rings. The lowest BCUT2D eigenvalue weighted by Crippen LogP contribution is -2.72. The van der Waals surface area contributed by atoms with Crippen molar-refractivity contribution < 1.29 is 27.7 Å². The van der Waals surface area contributed by atoms with Gasteiger partial charge >= 0.3 is 0 Å². The highest BCUT2D eigenvalue weighted by molar-refractivity contribution is 7.87. The molecule has 0 unspecified atom stereocenters. The third-order valence-corrected chi connectivity index (χ3v) is 10.5. The number of rotatable bonds is 4. The summed E-state index contributed by atoms with van der Waals surface area (Å²) in [6.07, 6.45) is 4.04. The molecule has 11 heteroatoms. The van der Waals surface area contributed by atoms with Crippen LogP contribution in [0, 0.1) is 23.7 Å². The van der Waals surface area contributed by atoms with Crippen molar-refractivity contribution >= 4 is 16.0 Å². The number of hydrogen-bond acceptors (Lipinski definition) is 8. The molecule has 1 spiro atoms. The molecule has 10 nitrogen and oxygen atoms in total. The van der Waals surface area contributed by atoms with Crippen LogP contribution in [0.4, 0.5) is 5.82 Å². The van der Waals surface area contributed by atoms with Gasteiger partial charge in [-0.15, -0.1) is 0 Å². The van der Waals surface area contributed by atoms with Crippen LogP contribution in [0.3, 0.4) is 0 Å². The van der Waals surface area contributed by atoms with Crippen molar-refractivity contribution in [3.8, 4) is 0 Å². The van der Waals surface area contributed by atoms with Crippen molar-refractivity contribution in [2.75, 3.05) is 31.1 Å². The van der Waals surface area contributed by atoms with E-state index in [1.54, 1.807) is 6.20 Å². The molecule has 35 heavy (non-hydrogen) atoms. The molecule has 8 atom stereocenters. The summed E-state index contributed by atoms with van der Waals surface area (Å²) >= 11 is 0. The number of piperazine rings is 1. The Kier molecular flexibility index (Phi) is 5.91. The molecule has 1 N–H and O–H groups in total.